The molecule has 140 valence electrons. The van der Waals surface area contributed by atoms with Crippen LogP contribution in [-0.2, 0) is 0 Å². The van der Waals surface area contributed by atoms with Crippen molar-refractivity contribution in [3.05, 3.63) is 54.2 Å². The number of H-pyrrole nitrogens is 1. The molecule has 1 fully saturated rings. The highest BCUT2D eigenvalue weighted by atomic mass is 16.5. The molecule has 0 bridgehead atoms. The van der Waals surface area contributed by atoms with Crippen LogP contribution in [0.3, 0.4) is 0 Å². The van der Waals surface area contributed by atoms with Gasteiger partial charge >= 0.3 is 0 Å². The molecule has 0 atom stereocenters. The number of carbonyl (C=O) groups is 1. The van der Waals surface area contributed by atoms with Crippen molar-refractivity contribution in [2.75, 3.05) is 12.4 Å². The second-order valence-corrected chi connectivity index (χ2v) is 6.85. The third-order valence-electron chi connectivity index (χ3n) is 4.84. The van der Waals surface area contributed by atoms with Crippen LogP contribution in [0, 0.1) is 0 Å². The average molecular weight is 374 g/mol. The summed E-state index contributed by atoms with van der Waals surface area (Å²) in [7, 11) is 1.62. The van der Waals surface area contributed by atoms with Gasteiger partial charge in [-0.25, -0.2) is 4.68 Å². The van der Waals surface area contributed by atoms with Crippen molar-refractivity contribution in [2.24, 2.45) is 0 Å². The van der Waals surface area contributed by atoms with E-state index in [2.05, 4.69) is 25.8 Å². The number of nitrogens with zero attached hydrogens (tertiary/aromatic N) is 4. The Morgan fingerprint density at radius 3 is 2.93 bits per heavy atom. The lowest BCUT2D eigenvalue weighted by molar-refractivity contribution is 0.102. The maximum atomic E-state index is 12.7. The summed E-state index contributed by atoms with van der Waals surface area (Å²) in [4.78, 5) is 15.8. The molecular weight excluding hydrogens is 356 g/mol. The Morgan fingerprint density at radius 1 is 1.21 bits per heavy atom. The minimum Gasteiger partial charge on any atom is -0.497 e. The second kappa shape index (κ2) is 6.49. The summed E-state index contributed by atoms with van der Waals surface area (Å²) in [6.45, 7) is 0. The number of hydrogen-bond acceptors (Lipinski definition) is 5. The standard InChI is InChI=1S/C20H18N6O2/c1-28-16-8-5-12-10-18(22-17(12)11-16)20(27)21-14-4-2-3-13(9-14)19-23-24-25-26(19)15-6-7-15/h2-5,8-11,15,22H,6-7H2,1H3,(H,21,27). The number of aromatic amines is 1. The number of aromatic nitrogens is 5. The Kier molecular flexibility index (Phi) is 3.82. The van der Waals surface area contributed by atoms with Crippen LogP contribution in [0.15, 0.2) is 48.5 Å². The molecule has 28 heavy (non-hydrogen) atoms. The molecule has 0 saturated heterocycles. The summed E-state index contributed by atoms with van der Waals surface area (Å²) in [5.41, 5.74) is 2.89. The Morgan fingerprint density at radius 2 is 2.11 bits per heavy atom. The molecule has 4 aromatic rings. The van der Waals surface area contributed by atoms with Crippen LogP contribution in [0.1, 0.15) is 29.4 Å². The van der Waals surface area contributed by atoms with Gasteiger partial charge in [-0.3, -0.25) is 4.79 Å². The Balaban J connectivity index is 1.40. The van der Waals surface area contributed by atoms with Gasteiger partial charge in [-0.1, -0.05) is 12.1 Å². The SMILES string of the molecule is COc1ccc2cc(C(=O)Nc3cccc(-c4nnnn4C4CC4)c3)[nH]c2c1. The van der Waals surface area contributed by atoms with E-state index in [0.717, 1.165) is 40.9 Å². The van der Waals surface area contributed by atoms with Gasteiger partial charge in [0.15, 0.2) is 5.82 Å². The van der Waals surface area contributed by atoms with E-state index in [0.29, 0.717) is 17.4 Å². The highest BCUT2D eigenvalue weighted by molar-refractivity contribution is 6.06. The number of anilines is 1. The molecule has 1 amide bonds. The molecule has 2 N–H and O–H groups in total. The van der Waals surface area contributed by atoms with Crippen molar-refractivity contribution in [1.29, 1.82) is 0 Å². The van der Waals surface area contributed by atoms with Crippen LogP contribution < -0.4 is 10.1 Å². The van der Waals surface area contributed by atoms with Gasteiger partial charge in [-0.15, -0.1) is 5.10 Å². The lowest BCUT2D eigenvalue weighted by Gasteiger charge is -2.07. The molecule has 0 unspecified atom stereocenters. The van der Waals surface area contributed by atoms with Crippen LogP contribution in [0.25, 0.3) is 22.3 Å². The van der Waals surface area contributed by atoms with Crippen molar-refractivity contribution >= 4 is 22.5 Å². The molecule has 5 rings (SSSR count). The molecule has 8 heteroatoms. The molecule has 1 aliphatic rings. The fourth-order valence-electron chi connectivity index (χ4n) is 3.24. The first-order valence-corrected chi connectivity index (χ1v) is 9.08. The van der Waals surface area contributed by atoms with Gasteiger partial charge < -0.3 is 15.0 Å². The summed E-state index contributed by atoms with van der Waals surface area (Å²) >= 11 is 0. The van der Waals surface area contributed by atoms with Crippen molar-refractivity contribution in [2.45, 2.75) is 18.9 Å². The van der Waals surface area contributed by atoms with Crippen molar-refractivity contribution < 1.29 is 9.53 Å². The predicted octanol–water partition coefficient (Wildman–Crippen LogP) is 3.42. The highest BCUT2D eigenvalue weighted by Gasteiger charge is 2.28. The van der Waals surface area contributed by atoms with Gasteiger partial charge in [-0.05, 0) is 53.6 Å². The molecule has 1 aliphatic carbocycles. The molecule has 2 heterocycles. The van der Waals surface area contributed by atoms with Crippen LogP contribution in [-0.4, -0.2) is 38.2 Å². The maximum absolute atomic E-state index is 12.7. The van der Waals surface area contributed by atoms with Gasteiger partial charge in [0.1, 0.15) is 11.4 Å². The average Bonchev–Trinajstić information content (AvgIpc) is 3.28. The number of fused-ring (bicyclic) bond motifs is 1. The molecule has 0 radical (unpaired) electrons. The minimum atomic E-state index is -0.214. The molecular formula is C20H18N6O2. The third-order valence-corrected chi connectivity index (χ3v) is 4.84. The summed E-state index contributed by atoms with van der Waals surface area (Å²) < 4.78 is 7.08. The van der Waals surface area contributed by atoms with Crippen LogP contribution >= 0.6 is 0 Å². The quantitative estimate of drug-likeness (QED) is 0.558. The van der Waals surface area contributed by atoms with Crippen LogP contribution in [0.4, 0.5) is 5.69 Å². The van der Waals surface area contributed by atoms with E-state index in [9.17, 15) is 4.79 Å². The van der Waals surface area contributed by atoms with E-state index in [-0.39, 0.29) is 5.91 Å². The zero-order valence-electron chi connectivity index (χ0n) is 15.2. The third kappa shape index (κ3) is 2.98. The molecule has 0 spiro atoms. The topological polar surface area (TPSA) is 97.7 Å². The van der Waals surface area contributed by atoms with E-state index in [1.54, 1.807) is 7.11 Å². The number of amides is 1. The van der Waals surface area contributed by atoms with E-state index in [1.165, 1.54) is 0 Å². The lowest BCUT2D eigenvalue weighted by Crippen LogP contribution is -2.12. The van der Waals surface area contributed by atoms with Crippen LogP contribution in [0.2, 0.25) is 0 Å². The van der Waals surface area contributed by atoms with Gasteiger partial charge in [0.25, 0.3) is 5.91 Å². The van der Waals surface area contributed by atoms with Gasteiger partial charge in [0, 0.05) is 28.2 Å². The zero-order chi connectivity index (χ0) is 19.1. The Bertz CT molecular complexity index is 1170. The highest BCUT2D eigenvalue weighted by Crippen LogP contribution is 2.36. The Labute approximate surface area is 160 Å². The van der Waals surface area contributed by atoms with Gasteiger partial charge in [0.05, 0.1) is 13.2 Å². The number of methoxy groups -OCH3 is 1. The van der Waals surface area contributed by atoms with Crippen LogP contribution in [0.5, 0.6) is 5.75 Å². The summed E-state index contributed by atoms with van der Waals surface area (Å²) in [6.07, 6.45) is 2.19. The number of ether oxygens (including phenoxy) is 1. The Hall–Kier alpha value is -3.68. The number of hydrogen-bond donors (Lipinski definition) is 2. The fraction of sp³-hybridized carbons (Fsp3) is 0.200. The zero-order valence-corrected chi connectivity index (χ0v) is 15.2. The lowest BCUT2D eigenvalue weighted by atomic mass is 10.2. The number of tetrazole rings is 1. The molecule has 2 aromatic carbocycles. The minimum absolute atomic E-state index is 0.214. The number of rotatable bonds is 5. The normalized spacial score (nSPS) is 13.6. The number of carbonyl (C=O) groups excluding carboxylic acids is 1. The first-order valence-electron chi connectivity index (χ1n) is 9.08. The monoisotopic (exact) mass is 374 g/mol. The fourth-order valence-corrected chi connectivity index (χ4v) is 3.24. The van der Waals surface area contributed by atoms with E-state index in [1.807, 2.05) is 53.2 Å². The van der Waals surface area contributed by atoms with Gasteiger partial charge in [0.2, 0.25) is 0 Å². The van der Waals surface area contributed by atoms with E-state index >= 15 is 0 Å². The van der Waals surface area contributed by atoms with Crippen molar-refractivity contribution in [1.82, 2.24) is 25.2 Å². The smallest absolute Gasteiger partial charge is 0.272 e. The largest absolute Gasteiger partial charge is 0.497 e. The molecule has 2 aromatic heterocycles. The molecule has 0 aliphatic heterocycles. The van der Waals surface area contributed by atoms with Crippen molar-refractivity contribution in [3.8, 4) is 17.1 Å². The first-order chi connectivity index (χ1) is 13.7. The number of nitrogens with one attached hydrogen (secondary N) is 2. The number of benzene rings is 2. The van der Waals surface area contributed by atoms with E-state index < -0.39 is 0 Å². The second-order valence-electron chi connectivity index (χ2n) is 6.85. The summed E-state index contributed by atoms with van der Waals surface area (Å²) in [6, 6.07) is 15.4. The maximum Gasteiger partial charge on any atom is 0.272 e. The van der Waals surface area contributed by atoms with E-state index in [4.69, 9.17) is 4.74 Å². The molecule has 8 nitrogen and oxygen atoms in total. The first kappa shape index (κ1) is 16.5. The summed E-state index contributed by atoms with van der Waals surface area (Å²) in [5.74, 6) is 1.24. The van der Waals surface area contributed by atoms with Gasteiger partial charge in [-0.2, -0.15) is 0 Å². The van der Waals surface area contributed by atoms with Crippen molar-refractivity contribution in [3.63, 3.8) is 0 Å². The predicted molar refractivity (Wildman–Crippen MR) is 104 cm³/mol. The summed E-state index contributed by atoms with van der Waals surface area (Å²) in [5, 5.41) is 15.9. The molecule has 1 saturated carbocycles.